The number of nitrogens with zero attached hydrogens (tertiary/aromatic N) is 2. The van der Waals surface area contributed by atoms with Crippen molar-refractivity contribution in [2.45, 2.75) is 26.7 Å². The molecule has 1 rings (SSSR count). The molecular formula is C9H12N2O2. The molecule has 1 aromatic rings. The fourth-order valence-corrected chi connectivity index (χ4v) is 1.15. The summed E-state index contributed by atoms with van der Waals surface area (Å²) >= 11 is 0. The second kappa shape index (κ2) is 3.51. The van der Waals surface area contributed by atoms with Crippen molar-refractivity contribution >= 4 is 5.69 Å². The summed E-state index contributed by atoms with van der Waals surface area (Å²) in [6, 6.07) is 3.17. The van der Waals surface area contributed by atoms with E-state index in [2.05, 4.69) is 4.98 Å². The van der Waals surface area contributed by atoms with Gasteiger partial charge in [0.2, 0.25) is 0 Å². The van der Waals surface area contributed by atoms with Crippen LogP contribution in [0.3, 0.4) is 0 Å². The minimum absolute atomic E-state index is 0.0836. The summed E-state index contributed by atoms with van der Waals surface area (Å²) in [5, 5.41) is 10.6. The van der Waals surface area contributed by atoms with Gasteiger partial charge in [0, 0.05) is 17.7 Å². The lowest BCUT2D eigenvalue weighted by molar-refractivity contribution is -0.386. The Labute approximate surface area is 76.8 Å². The molecule has 0 saturated heterocycles. The van der Waals surface area contributed by atoms with Crippen LogP contribution in [0.15, 0.2) is 12.1 Å². The van der Waals surface area contributed by atoms with Crippen molar-refractivity contribution < 1.29 is 4.92 Å². The molecule has 1 heterocycles. The van der Waals surface area contributed by atoms with Gasteiger partial charge in [-0.3, -0.25) is 15.1 Å². The molecule has 0 radical (unpaired) electrons. The Kier molecular flexibility index (Phi) is 2.60. The van der Waals surface area contributed by atoms with Gasteiger partial charge in [-0.05, 0) is 13.0 Å². The van der Waals surface area contributed by atoms with Crippen molar-refractivity contribution in [3.8, 4) is 0 Å². The zero-order valence-corrected chi connectivity index (χ0v) is 7.94. The first-order valence-electron chi connectivity index (χ1n) is 4.14. The second-order valence-corrected chi connectivity index (χ2v) is 3.27. The van der Waals surface area contributed by atoms with Gasteiger partial charge < -0.3 is 0 Å². The Morgan fingerprint density at radius 1 is 1.46 bits per heavy atom. The van der Waals surface area contributed by atoms with Gasteiger partial charge in [0.1, 0.15) is 5.69 Å². The quantitative estimate of drug-likeness (QED) is 0.518. The molecule has 13 heavy (non-hydrogen) atoms. The number of hydrogen-bond acceptors (Lipinski definition) is 3. The molecule has 0 aliphatic heterocycles. The third kappa shape index (κ3) is 2.02. The van der Waals surface area contributed by atoms with Crippen LogP contribution in [0.4, 0.5) is 5.69 Å². The topological polar surface area (TPSA) is 56.0 Å². The van der Waals surface area contributed by atoms with Gasteiger partial charge in [-0.25, -0.2) is 0 Å². The molecule has 4 heteroatoms. The van der Waals surface area contributed by atoms with Gasteiger partial charge in [-0.1, -0.05) is 13.8 Å². The molecule has 0 bridgehead atoms. The lowest BCUT2D eigenvalue weighted by Gasteiger charge is -2.05. The minimum atomic E-state index is -0.387. The number of aromatic nitrogens is 1. The van der Waals surface area contributed by atoms with Crippen LogP contribution in [0.25, 0.3) is 0 Å². The molecule has 1 aromatic heterocycles. The van der Waals surface area contributed by atoms with Crippen molar-refractivity contribution in [2.75, 3.05) is 0 Å². The highest BCUT2D eigenvalue weighted by Crippen LogP contribution is 2.23. The fourth-order valence-electron chi connectivity index (χ4n) is 1.15. The van der Waals surface area contributed by atoms with Crippen LogP contribution in [0.1, 0.15) is 31.2 Å². The molecule has 0 spiro atoms. The third-order valence-corrected chi connectivity index (χ3v) is 1.79. The number of aryl methyl sites for hydroxylation is 1. The average Bonchev–Trinajstić information content (AvgIpc) is 2.03. The van der Waals surface area contributed by atoms with Crippen LogP contribution in [-0.2, 0) is 0 Å². The van der Waals surface area contributed by atoms with Gasteiger partial charge >= 0.3 is 0 Å². The first kappa shape index (κ1) is 9.64. The maximum Gasteiger partial charge on any atom is 0.291 e. The van der Waals surface area contributed by atoms with Crippen molar-refractivity contribution in [2.24, 2.45) is 0 Å². The van der Waals surface area contributed by atoms with E-state index in [1.165, 1.54) is 6.07 Å². The van der Waals surface area contributed by atoms with Crippen molar-refractivity contribution in [1.29, 1.82) is 0 Å². The summed E-state index contributed by atoms with van der Waals surface area (Å²) in [7, 11) is 0. The van der Waals surface area contributed by atoms with Crippen LogP contribution in [0.5, 0.6) is 0 Å². The number of hydrogen-bond donors (Lipinski definition) is 0. The highest BCUT2D eigenvalue weighted by Gasteiger charge is 2.17. The monoisotopic (exact) mass is 180 g/mol. The summed E-state index contributed by atoms with van der Waals surface area (Å²) in [6.45, 7) is 5.62. The van der Waals surface area contributed by atoms with E-state index >= 15 is 0 Å². The third-order valence-electron chi connectivity index (χ3n) is 1.79. The average molecular weight is 180 g/mol. The van der Waals surface area contributed by atoms with E-state index in [0.29, 0.717) is 5.69 Å². The summed E-state index contributed by atoms with van der Waals surface area (Å²) in [5.74, 6) is 0.0836. The highest BCUT2D eigenvalue weighted by molar-refractivity contribution is 5.37. The van der Waals surface area contributed by atoms with Crippen LogP contribution >= 0.6 is 0 Å². The van der Waals surface area contributed by atoms with E-state index in [9.17, 15) is 10.1 Å². The SMILES string of the molecule is Cc1ccc([N+](=O)[O-])c(C(C)C)n1. The summed E-state index contributed by atoms with van der Waals surface area (Å²) in [4.78, 5) is 14.4. The predicted octanol–water partition coefficient (Wildman–Crippen LogP) is 2.42. The molecule has 70 valence electrons. The number of pyridine rings is 1. The van der Waals surface area contributed by atoms with E-state index in [1.807, 2.05) is 20.8 Å². The molecule has 0 aliphatic carbocycles. The Balaban J connectivity index is 3.26. The van der Waals surface area contributed by atoms with E-state index < -0.39 is 0 Å². The molecule has 0 unspecified atom stereocenters. The van der Waals surface area contributed by atoms with Crippen LogP contribution in [0, 0.1) is 17.0 Å². The largest absolute Gasteiger partial charge is 0.291 e. The van der Waals surface area contributed by atoms with E-state index in [0.717, 1.165) is 5.69 Å². The summed E-state index contributed by atoms with van der Waals surface area (Å²) < 4.78 is 0. The van der Waals surface area contributed by atoms with Crippen LogP contribution in [0.2, 0.25) is 0 Å². The van der Waals surface area contributed by atoms with Gasteiger partial charge in [-0.2, -0.15) is 0 Å². The Morgan fingerprint density at radius 3 is 2.54 bits per heavy atom. The minimum Gasteiger partial charge on any atom is -0.258 e. The molecule has 0 atom stereocenters. The summed E-state index contributed by atoms with van der Waals surface area (Å²) in [6.07, 6.45) is 0. The molecular weight excluding hydrogens is 168 g/mol. The Bertz CT molecular complexity index is 334. The smallest absolute Gasteiger partial charge is 0.258 e. The van der Waals surface area contributed by atoms with E-state index in [-0.39, 0.29) is 16.5 Å². The van der Waals surface area contributed by atoms with Gasteiger partial charge in [-0.15, -0.1) is 0 Å². The second-order valence-electron chi connectivity index (χ2n) is 3.27. The molecule has 4 nitrogen and oxygen atoms in total. The maximum atomic E-state index is 10.6. The lowest BCUT2D eigenvalue weighted by atomic mass is 10.1. The molecule has 0 N–H and O–H groups in total. The van der Waals surface area contributed by atoms with E-state index in [4.69, 9.17) is 0 Å². The van der Waals surface area contributed by atoms with Crippen LogP contribution < -0.4 is 0 Å². The highest BCUT2D eigenvalue weighted by atomic mass is 16.6. The molecule has 0 aliphatic rings. The normalized spacial score (nSPS) is 10.5. The standard InChI is InChI=1S/C9H12N2O2/c1-6(2)9-8(11(12)13)5-4-7(3)10-9/h4-6H,1-3H3. The van der Waals surface area contributed by atoms with Crippen molar-refractivity contribution in [1.82, 2.24) is 4.98 Å². The Hall–Kier alpha value is -1.45. The molecule has 0 saturated carbocycles. The Morgan fingerprint density at radius 2 is 2.08 bits per heavy atom. The van der Waals surface area contributed by atoms with Gasteiger partial charge in [0.05, 0.1) is 4.92 Å². The lowest BCUT2D eigenvalue weighted by Crippen LogP contribution is -2.01. The van der Waals surface area contributed by atoms with Crippen molar-refractivity contribution in [3.05, 3.63) is 33.6 Å². The maximum absolute atomic E-state index is 10.6. The summed E-state index contributed by atoms with van der Waals surface area (Å²) in [5.41, 5.74) is 1.49. The van der Waals surface area contributed by atoms with Gasteiger partial charge in [0.15, 0.2) is 0 Å². The first-order chi connectivity index (χ1) is 6.02. The molecule has 0 amide bonds. The molecule has 0 fully saturated rings. The zero-order chi connectivity index (χ0) is 10.0. The number of rotatable bonds is 2. The van der Waals surface area contributed by atoms with Crippen LogP contribution in [-0.4, -0.2) is 9.91 Å². The van der Waals surface area contributed by atoms with Gasteiger partial charge in [0.25, 0.3) is 5.69 Å². The zero-order valence-electron chi connectivity index (χ0n) is 7.94. The van der Waals surface area contributed by atoms with E-state index in [1.54, 1.807) is 6.07 Å². The first-order valence-corrected chi connectivity index (χ1v) is 4.14. The molecule has 0 aromatic carbocycles. The fraction of sp³-hybridized carbons (Fsp3) is 0.444. The van der Waals surface area contributed by atoms with Crippen molar-refractivity contribution in [3.63, 3.8) is 0 Å². The number of nitro groups is 1. The predicted molar refractivity (Wildman–Crippen MR) is 49.7 cm³/mol.